The number of ether oxygens (including phenoxy) is 1. The van der Waals surface area contributed by atoms with Crippen molar-refractivity contribution in [3.8, 4) is 0 Å². The summed E-state index contributed by atoms with van der Waals surface area (Å²) in [7, 11) is 1.66. The van der Waals surface area contributed by atoms with Crippen LogP contribution < -0.4 is 5.32 Å². The second kappa shape index (κ2) is 6.97. The van der Waals surface area contributed by atoms with Gasteiger partial charge in [0, 0.05) is 13.2 Å². The van der Waals surface area contributed by atoms with Crippen LogP contribution in [0.2, 0.25) is 0 Å². The fourth-order valence-corrected chi connectivity index (χ4v) is 2.70. The third-order valence-electron chi connectivity index (χ3n) is 3.94. The highest BCUT2D eigenvalue weighted by Crippen LogP contribution is 2.26. The second-order valence-corrected chi connectivity index (χ2v) is 6.34. The van der Waals surface area contributed by atoms with E-state index in [-0.39, 0.29) is 6.04 Å². The van der Waals surface area contributed by atoms with Crippen LogP contribution in [0.1, 0.15) is 37.0 Å². The zero-order chi connectivity index (χ0) is 17.1. The van der Waals surface area contributed by atoms with Crippen LogP contribution in [0.4, 0.5) is 5.82 Å². The number of aromatic amines is 1. The number of aryl methyl sites for hydroxylation is 1. The van der Waals surface area contributed by atoms with Gasteiger partial charge in [-0.2, -0.15) is 0 Å². The smallest absolute Gasteiger partial charge is 0.130 e. The summed E-state index contributed by atoms with van der Waals surface area (Å²) >= 11 is 0. The normalized spacial score (nSPS) is 12.7. The van der Waals surface area contributed by atoms with E-state index in [0.29, 0.717) is 12.5 Å². The molecule has 0 radical (unpaired) electrons. The SMILES string of the molecule is COCc1cc(N[C@H](c2nc3ccc(C)cc3[nH]2)C(C)C)ncn1. The van der Waals surface area contributed by atoms with Gasteiger partial charge in [0.05, 0.1) is 29.4 Å². The fraction of sp³-hybridized carbons (Fsp3) is 0.389. The van der Waals surface area contributed by atoms with Crippen LogP contribution in [0, 0.1) is 12.8 Å². The molecule has 3 aromatic rings. The number of methoxy groups -OCH3 is 1. The van der Waals surface area contributed by atoms with Gasteiger partial charge in [-0.3, -0.25) is 0 Å². The molecule has 0 amide bonds. The number of imidazole rings is 1. The van der Waals surface area contributed by atoms with Crippen LogP contribution in [-0.4, -0.2) is 27.0 Å². The Morgan fingerprint density at radius 3 is 2.79 bits per heavy atom. The first kappa shape index (κ1) is 16.4. The van der Waals surface area contributed by atoms with Crippen molar-refractivity contribution < 1.29 is 4.74 Å². The van der Waals surface area contributed by atoms with Gasteiger partial charge in [0.2, 0.25) is 0 Å². The van der Waals surface area contributed by atoms with Crippen molar-refractivity contribution in [3.63, 3.8) is 0 Å². The molecule has 1 aromatic carbocycles. The molecule has 24 heavy (non-hydrogen) atoms. The van der Waals surface area contributed by atoms with E-state index >= 15 is 0 Å². The van der Waals surface area contributed by atoms with Crippen LogP contribution in [0.5, 0.6) is 0 Å². The van der Waals surface area contributed by atoms with Crippen LogP contribution in [0.3, 0.4) is 0 Å². The van der Waals surface area contributed by atoms with E-state index in [1.165, 1.54) is 5.56 Å². The maximum Gasteiger partial charge on any atom is 0.130 e. The van der Waals surface area contributed by atoms with Crippen molar-refractivity contribution in [1.29, 1.82) is 0 Å². The molecule has 0 aliphatic carbocycles. The van der Waals surface area contributed by atoms with E-state index in [9.17, 15) is 0 Å². The lowest BCUT2D eigenvalue weighted by Crippen LogP contribution is -2.19. The maximum absolute atomic E-state index is 5.13. The summed E-state index contributed by atoms with van der Waals surface area (Å²) in [5.41, 5.74) is 4.09. The Morgan fingerprint density at radius 1 is 1.21 bits per heavy atom. The summed E-state index contributed by atoms with van der Waals surface area (Å²) in [6.07, 6.45) is 1.55. The molecule has 2 N–H and O–H groups in total. The molecule has 6 heteroatoms. The number of hydrogen-bond acceptors (Lipinski definition) is 5. The number of rotatable bonds is 6. The monoisotopic (exact) mass is 325 g/mol. The summed E-state index contributed by atoms with van der Waals surface area (Å²) in [4.78, 5) is 16.7. The number of nitrogens with one attached hydrogen (secondary N) is 2. The van der Waals surface area contributed by atoms with Gasteiger partial charge in [-0.25, -0.2) is 15.0 Å². The Kier molecular flexibility index (Phi) is 4.76. The molecule has 0 bridgehead atoms. The largest absolute Gasteiger partial charge is 0.378 e. The van der Waals surface area contributed by atoms with Crippen molar-refractivity contribution in [2.75, 3.05) is 12.4 Å². The lowest BCUT2D eigenvalue weighted by atomic mass is 10.0. The number of benzene rings is 1. The molecule has 0 unspecified atom stereocenters. The van der Waals surface area contributed by atoms with Gasteiger partial charge in [-0.15, -0.1) is 0 Å². The number of nitrogens with zero attached hydrogens (tertiary/aromatic N) is 3. The van der Waals surface area contributed by atoms with E-state index in [4.69, 9.17) is 9.72 Å². The number of hydrogen-bond donors (Lipinski definition) is 2. The summed E-state index contributed by atoms with van der Waals surface area (Å²) < 4.78 is 5.13. The van der Waals surface area contributed by atoms with Gasteiger partial charge in [-0.1, -0.05) is 19.9 Å². The van der Waals surface area contributed by atoms with E-state index < -0.39 is 0 Å². The predicted molar refractivity (Wildman–Crippen MR) is 94.8 cm³/mol. The molecule has 0 aliphatic rings. The first-order valence-electron chi connectivity index (χ1n) is 8.09. The molecule has 126 valence electrons. The molecule has 0 spiro atoms. The second-order valence-electron chi connectivity index (χ2n) is 6.34. The first-order chi connectivity index (χ1) is 11.6. The van der Waals surface area contributed by atoms with Gasteiger partial charge in [0.1, 0.15) is 18.0 Å². The van der Waals surface area contributed by atoms with Crippen LogP contribution in [-0.2, 0) is 11.3 Å². The van der Waals surface area contributed by atoms with Crippen LogP contribution >= 0.6 is 0 Å². The minimum absolute atomic E-state index is 0.0306. The Hall–Kier alpha value is -2.47. The summed E-state index contributed by atoms with van der Waals surface area (Å²) in [5.74, 6) is 2.03. The van der Waals surface area contributed by atoms with E-state index in [0.717, 1.165) is 28.4 Å². The minimum Gasteiger partial charge on any atom is -0.378 e. The van der Waals surface area contributed by atoms with Crippen LogP contribution in [0.15, 0.2) is 30.6 Å². The summed E-state index contributed by atoms with van der Waals surface area (Å²) in [5, 5.41) is 3.47. The Labute approximate surface area is 141 Å². The highest BCUT2D eigenvalue weighted by atomic mass is 16.5. The molecule has 0 saturated carbocycles. The number of aromatic nitrogens is 4. The molecular formula is C18H23N5O. The summed E-state index contributed by atoms with van der Waals surface area (Å²) in [6, 6.07) is 8.18. The number of fused-ring (bicyclic) bond motifs is 1. The van der Waals surface area contributed by atoms with E-state index in [1.54, 1.807) is 13.4 Å². The molecule has 0 fully saturated rings. The highest BCUT2D eigenvalue weighted by molar-refractivity contribution is 5.76. The van der Waals surface area contributed by atoms with Crippen LogP contribution in [0.25, 0.3) is 11.0 Å². The standard InChI is InChI=1S/C18H23N5O/c1-11(2)17(23-16-8-13(9-24-4)19-10-20-16)18-21-14-6-5-12(3)7-15(14)22-18/h5-8,10-11,17H,9H2,1-4H3,(H,21,22)(H,19,20,23)/t17-/m0/s1. The maximum atomic E-state index is 5.13. The predicted octanol–water partition coefficient (Wildman–Crippen LogP) is 3.62. The van der Waals surface area contributed by atoms with Gasteiger partial charge in [-0.05, 0) is 30.5 Å². The zero-order valence-electron chi connectivity index (χ0n) is 14.5. The molecule has 2 aromatic heterocycles. The summed E-state index contributed by atoms with van der Waals surface area (Å²) in [6.45, 7) is 6.87. The Bertz CT molecular complexity index is 827. The highest BCUT2D eigenvalue weighted by Gasteiger charge is 2.20. The molecule has 0 saturated heterocycles. The van der Waals surface area contributed by atoms with E-state index in [2.05, 4.69) is 53.2 Å². The Balaban J connectivity index is 1.90. The van der Waals surface area contributed by atoms with Gasteiger partial charge in [0.15, 0.2) is 0 Å². The average molecular weight is 325 g/mol. The zero-order valence-corrected chi connectivity index (χ0v) is 14.5. The van der Waals surface area contributed by atoms with E-state index in [1.807, 2.05) is 12.1 Å². The average Bonchev–Trinajstić information content (AvgIpc) is 2.95. The third-order valence-corrected chi connectivity index (χ3v) is 3.94. The fourth-order valence-electron chi connectivity index (χ4n) is 2.70. The molecule has 6 nitrogen and oxygen atoms in total. The molecular weight excluding hydrogens is 302 g/mol. The van der Waals surface area contributed by atoms with Gasteiger partial charge in [0.25, 0.3) is 0 Å². The topological polar surface area (TPSA) is 75.7 Å². The minimum atomic E-state index is 0.0306. The molecule has 1 atom stereocenters. The van der Waals surface area contributed by atoms with Crippen molar-refractivity contribution >= 4 is 16.9 Å². The van der Waals surface area contributed by atoms with Crippen molar-refractivity contribution in [2.24, 2.45) is 5.92 Å². The van der Waals surface area contributed by atoms with Crippen molar-refractivity contribution in [1.82, 2.24) is 19.9 Å². The van der Waals surface area contributed by atoms with Gasteiger partial charge < -0.3 is 15.0 Å². The lowest BCUT2D eigenvalue weighted by molar-refractivity contribution is 0.181. The lowest BCUT2D eigenvalue weighted by Gasteiger charge is -2.21. The van der Waals surface area contributed by atoms with Gasteiger partial charge >= 0.3 is 0 Å². The number of anilines is 1. The van der Waals surface area contributed by atoms with Crippen molar-refractivity contribution in [3.05, 3.63) is 47.7 Å². The molecule has 2 heterocycles. The quantitative estimate of drug-likeness (QED) is 0.724. The molecule has 0 aliphatic heterocycles. The first-order valence-corrected chi connectivity index (χ1v) is 8.09. The Morgan fingerprint density at radius 2 is 2.04 bits per heavy atom. The number of H-pyrrole nitrogens is 1. The molecule has 3 rings (SSSR count). The third kappa shape index (κ3) is 3.54. The van der Waals surface area contributed by atoms with Crippen molar-refractivity contribution in [2.45, 2.75) is 33.4 Å².